The molecule has 1 aromatic rings. The Hall–Kier alpha value is -1.23. The summed E-state index contributed by atoms with van der Waals surface area (Å²) in [4.78, 5) is 0. The second-order valence-electron chi connectivity index (χ2n) is 3.59. The molecule has 0 aliphatic rings. The lowest BCUT2D eigenvalue weighted by Gasteiger charge is -2.10. The first kappa shape index (κ1) is 12.8. The predicted octanol–water partition coefficient (Wildman–Crippen LogP) is 2.60. The maximum atomic E-state index is 12.3. The molecule has 0 saturated carbocycles. The molecule has 5 heteroatoms. The Bertz CT molecular complexity index is 350. The van der Waals surface area contributed by atoms with Gasteiger partial charge in [-0.25, -0.2) is 0 Å². The molecule has 2 nitrogen and oxygen atoms in total. The third-order valence-electron chi connectivity index (χ3n) is 2.33. The molecule has 0 amide bonds. The van der Waals surface area contributed by atoms with E-state index >= 15 is 0 Å². The summed E-state index contributed by atoms with van der Waals surface area (Å²) in [7, 11) is 0. The van der Waals surface area contributed by atoms with Crippen molar-refractivity contribution in [2.75, 3.05) is 12.3 Å². The van der Waals surface area contributed by atoms with E-state index in [1.807, 2.05) is 0 Å². The van der Waals surface area contributed by atoms with Crippen molar-refractivity contribution in [2.45, 2.75) is 25.4 Å². The highest BCUT2D eigenvalue weighted by Crippen LogP contribution is 2.31. The molecule has 3 N–H and O–H groups in total. The average molecular weight is 233 g/mol. The van der Waals surface area contributed by atoms with Gasteiger partial charge in [0.25, 0.3) is 0 Å². The minimum Gasteiger partial charge on any atom is -0.398 e. The van der Waals surface area contributed by atoms with Crippen molar-refractivity contribution in [2.24, 2.45) is 0 Å². The van der Waals surface area contributed by atoms with Gasteiger partial charge >= 0.3 is 6.18 Å². The van der Waals surface area contributed by atoms with Gasteiger partial charge in [0.1, 0.15) is 0 Å². The van der Waals surface area contributed by atoms with Crippen LogP contribution in [-0.2, 0) is 12.6 Å². The van der Waals surface area contributed by atoms with E-state index in [4.69, 9.17) is 10.8 Å². The van der Waals surface area contributed by atoms with Gasteiger partial charge in [-0.3, -0.25) is 0 Å². The average Bonchev–Trinajstić information content (AvgIpc) is 2.19. The Kier molecular flexibility index (Phi) is 4.18. The van der Waals surface area contributed by atoms with Crippen molar-refractivity contribution in [3.8, 4) is 0 Å². The molecule has 0 fully saturated rings. The Labute approximate surface area is 91.9 Å². The van der Waals surface area contributed by atoms with Crippen molar-refractivity contribution in [3.05, 3.63) is 29.3 Å². The van der Waals surface area contributed by atoms with Gasteiger partial charge in [-0.15, -0.1) is 0 Å². The Morgan fingerprint density at radius 2 is 1.88 bits per heavy atom. The summed E-state index contributed by atoms with van der Waals surface area (Å²) in [6.45, 7) is 0.0839. The fourth-order valence-corrected chi connectivity index (χ4v) is 1.43. The highest BCUT2D eigenvalue weighted by molar-refractivity contribution is 5.49. The van der Waals surface area contributed by atoms with Crippen LogP contribution in [0, 0.1) is 0 Å². The standard InChI is InChI=1S/C11H14F3NO/c12-11(13,14)9-5-4-8(10(15)7-9)3-1-2-6-16/h4-5,7,16H,1-3,6,15H2. The number of nitrogens with two attached hydrogens (primary N) is 1. The van der Waals surface area contributed by atoms with E-state index in [9.17, 15) is 13.2 Å². The zero-order valence-electron chi connectivity index (χ0n) is 8.72. The minimum atomic E-state index is -4.35. The zero-order valence-corrected chi connectivity index (χ0v) is 8.72. The van der Waals surface area contributed by atoms with E-state index in [1.165, 1.54) is 6.07 Å². The molecule has 0 heterocycles. The van der Waals surface area contributed by atoms with Crippen LogP contribution in [0.25, 0.3) is 0 Å². The van der Waals surface area contributed by atoms with Crippen molar-refractivity contribution in [1.29, 1.82) is 0 Å². The lowest BCUT2D eigenvalue weighted by atomic mass is 10.0. The minimum absolute atomic E-state index is 0.0839. The molecule has 0 atom stereocenters. The van der Waals surface area contributed by atoms with E-state index in [0.717, 1.165) is 12.1 Å². The number of alkyl halides is 3. The molecule has 0 aromatic heterocycles. The van der Waals surface area contributed by atoms with Crippen LogP contribution in [0.15, 0.2) is 18.2 Å². The van der Waals surface area contributed by atoms with Gasteiger partial charge in [0.2, 0.25) is 0 Å². The molecule has 90 valence electrons. The van der Waals surface area contributed by atoms with Gasteiger partial charge in [0.15, 0.2) is 0 Å². The SMILES string of the molecule is Nc1cc(C(F)(F)F)ccc1CCCCO. The second kappa shape index (κ2) is 5.21. The number of aliphatic hydroxyl groups is 1. The van der Waals surface area contributed by atoms with Crippen LogP contribution in [0.3, 0.4) is 0 Å². The molecule has 1 aromatic carbocycles. The first-order chi connectivity index (χ1) is 7.45. The van der Waals surface area contributed by atoms with Crippen molar-refractivity contribution >= 4 is 5.69 Å². The number of aryl methyl sites for hydroxylation is 1. The van der Waals surface area contributed by atoms with Crippen LogP contribution in [-0.4, -0.2) is 11.7 Å². The van der Waals surface area contributed by atoms with E-state index < -0.39 is 11.7 Å². The molecule has 16 heavy (non-hydrogen) atoms. The number of hydrogen-bond donors (Lipinski definition) is 2. The molecule has 0 aliphatic heterocycles. The van der Waals surface area contributed by atoms with Crippen LogP contribution in [0.2, 0.25) is 0 Å². The van der Waals surface area contributed by atoms with E-state index in [0.29, 0.717) is 24.8 Å². The quantitative estimate of drug-likeness (QED) is 0.620. The van der Waals surface area contributed by atoms with Gasteiger partial charge < -0.3 is 10.8 Å². The summed E-state index contributed by atoms with van der Waals surface area (Å²) in [6.07, 6.45) is -2.42. The van der Waals surface area contributed by atoms with Crippen LogP contribution < -0.4 is 5.73 Å². The largest absolute Gasteiger partial charge is 0.416 e. The number of hydrogen-bond acceptors (Lipinski definition) is 2. The van der Waals surface area contributed by atoms with Gasteiger partial charge in [-0.05, 0) is 37.0 Å². The van der Waals surface area contributed by atoms with E-state index in [-0.39, 0.29) is 12.3 Å². The maximum absolute atomic E-state index is 12.3. The molecule has 1 rings (SSSR count). The van der Waals surface area contributed by atoms with Crippen LogP contribution in [0.5, 0.6) is 0 Å². The zero-order chi connectivity index (χ0) is 12.2. The maximum Gasteiger partial charge on any atom is 0.416 e. The number of rotatable bonds is 4. The number of anilines is 1. The normalized spacial score (nSPS) is 11.8. The molecule has 0 radical (unpaired) electrons. The molecule has 0 bridgehead atoms. The van der Waals surface area contributed by atoms with Gasteiger partial charge in [0, 0.05) is 12.3 Å². The van der Waals surface area contributed by atoms with Gasteiger partial charge in [-0.1, -0.05) is 6.07 Å². The van der Waals surface area contributed by atoms with Crippen molar-refractivity contribution < 1.29 is 18.3 Å². The summed E-state index contributed by atoms with van der Waals surface area (Å²) >= 11 is 0. The fraction of sp³-hybridized carbons (Fsp3) is 0.455. The molecule has 0 aliphatic carbocycles. The second-order valence-corrected chi connectivity index (χ2v) is 3.59. The summed E-state index contributed by atoms with van der Waals surface area (Å²) < 4.78 is 37.0. The first-order valence-electron chi connectivity index (χ1n) is 5.01. The number of unbranched alkanes of at least 4 members (excludes halogenated alkanes) is 1. The smallest absolute Gasteiger partial charge is 0.398 e. The monoisotopic (exact) mass is 233 g/mol. The molecule has 0 spiro atoms. The Morgan fingerprint density at radius 3 is 2.38 bits per heavy atom. The first-order valence-corrected chi connectivity index (χ1v) is 5.01. The summed E-state index contributed by atoms with van der Waals surface area (Å²) in [5.74, 6) is 0. The highest BCUT2D eigenvalue weighted by Gasteiger charge is 2.30. The van der Waals surface area contributed by atoms with Crippen LogP contribution in [0.4, 0.5) is 18.9 Å². The fourth-order valence-electron chi connectivity index (χ4n) is 1.43. The van der Waals surface area contributed by atoms with Crippen molar-refractivity contribution in [3.63, 3.8) is 0 Å². The number of aliphatic hydroxyl groups excluding tert-OH is 1. The van der Waals surface area contributed by atoms with E-state index in [1.54, 1.807) is 0 Å². The Balaban J connectivity index is 2.76. The number of benzene rings is 1. The lowest BCUT2D eigenvalue weighted by molar-refractivity contribution is -0.137. The van der Waals surface area contributed by atoms with E-state index in [2.05, 4.69) is 0 Å². The van der Waals surface area contributed by atoms with Crippen LogP contribution >= 0.6 is 0 Å². The number of halogens is 3. The highest BCUT2D eigenvalue weighted by atomic mass is 19.4. The molecule has 0 saturated heterocycles. The third kappa shape index (κ3) is 3.41. The lowest BCUT2D eigenvalue weighted by Crippen LogP contribution is -2.06. The molecular weight excluding hydrogens is 219 g/mol. The predicted molar refractivity (Wildman–Crippen MR) is 55.9 cm³/mol. The van der Waals surface area contributed by atoms with Gasteiger partial charge in [0.05, 0.1) is 5.56 Å². The third-order valence-corrected chi connectivity index (χ3v) is 2.33. The topological polar surface area (TPSA) is 46.2 Å². The summed E-state index contributed by atoms with van der Waals surface area (Å²) in [6, 6.07) is 3.38. The Morgan fingerprint density at radius 1 is 1.19 bits per heavy atom. The summed E-state index contributed by atoms with van der Waals surface area (Å²) in [5.41, 5.74) is 5.67. The van der Waals surface area contributed by atoms with Crippen LogP contribution in [0.1, 0.15) is 24.0 Å². The van der Waals surface area contributed by atoms with Crippen molar-refractivity contribution in [1.82, 2.24) is 0 Å². The molecule has 0 unspecified atom stereocenters. The van der Waals surface area contributed by atoms with Gasteiger partial charge in [-0.2, -0.15) is 13.2 Å². The number of nitrogen functional groups attached to an aromatic ring is 1. The summed E-state index contributed by atoms with van der Waals surface area (Å²) in [5, 5.41) is 8.58. The molecular formula is C11H14F3NO.